The summed E-state index contributed by atoms with van der Waals surface area (Å²) in [6, 6.07) is -1.26. The summed E-state index contributed by atoms with van der Waals surface area (Å²) in [4.78, 5) is 63.5. The third kappa shape index (κ3) is 17.0. The third-order valence-electron chi connectivity index (χ3n) is 9.57. The van der Waals surface area contributed by atoms with Crippen LogP contribution in [0.15, 0.2) is 0 Å². The second-order valence-electron chi connectivity index (χ2n) is 14.8. The molecule has 55 heavy (non-hydrogen) atoms. The van der Waals surface area contributed by atoms with E-state index in [1.54, 1.807) is 0 Å². The van der Waals surface area contributed by atoms with Crippen molar-refractivity contribution in [3.05, 3.63) is 0 Å². The Kier molecular flexibility index (Phi) is 21.0. The first-order chi connectivity index (χ1) is 25.9. The number of unbranched alkanes of at least 4 members (excludes halogenated alkanes) is 2. The lowest BCUT2D eigenvalue weighted by Crippen LogP contribution is -2.65. The van der Waals surface area contributed by atoms with E-state index in [0.717, 1.165) is 20.0 Å². The minimum absolute atomic E-state index is 0.176. The van der Waals surface area contributed by atoms with Crippen LogP contribution in [0, 0.1) is 0 Å². The number of aliphatic hydroxyl groups excluding tert-OH is 5. The number of aliphatic hydroxyl groups is 6. The molecule has 18 nitrogen and oxygen atoms in total. The minimum atomic E-state index is -1.88. The molecule has 2 fully saturated rings. The Labute approximate surface area is 322 Å². The number of ether oxygens (including phenoxy) is 6. The van der Waals surface area contributed by atoms with Crippen molar-refractivity contribution in [2.75, 3.05) is 13.7 Å². The Bertz CT molecular complexity index is 1220. The summed E-state index contributed by atoms with van der Waals surface area (Å²) < 4.78 is 33.4. The molecule has 0 radical (unpaired) electrons. The highest BCUT2D eigenvalue weighted by molar-refractivity contribution is 5.76. The number of carbonyl (C=O) groups excluding carboxylic acids is 5. The van der Waals surface area contributed by atoms with Crippen molar-refractivity contribution in [1.29, 1.82) is 0 Å². The molecular formula is C37H63NO17. The van der Waals surface area contributed by atoms with E-state index in [2.05, 4.69) is 10.1 Å². The lowest BCUT2D eigenvalue weighted by Gasteiger charge is -2.43. The molecule has 2 saturated heterocycles. The fourth-order valence-corrected chi connectivity index (χ4v) is 6.67. The molecule has 2 heterocycles. The van der Waals surface area contributed by atoms with Crippen LogP contribution in [0.25, 0.3) is 0 Å². The van der Waals surface area contributed by atoms with Gasteiger partial charge in [0.2, 0.25) is 5.91 Å². The van der Waals surface area contributed by atoms with Crippen molar-refractivity contribution in [1.82, 2.24) is 5.32 Å². The SMILES string of the molecule is CCCCCC1CC(O)C(O)C(OC(=O)CC(C)(O)CC(=O)OC)CC(=O)OC(CCC)CCCC(OC2OC(CO)C(O)C(O)C2NC(C)=O)CC(=O)O1. The monoisotopic (exact) mass is 793 g/mol. The second-order valence-corrected chi connectivity index (χ2v) is 14.8. The summed E-state index contributed by atoms with van der Waals surface area (Å²) in [7, 11) is 1.12. The van der Waals surface area contributed by atoms with Crippen LogP contribution in [0.5, 0.6) is 0 Å². The summed E-state index contributed by atoms with van der Waals surface area (Å²) >= 11 is 0. The maximum absolute atomic E-state index is 13.5. The van der Waals surface area contributed by atoms with Gasteiger partial charge < -0.3 is 64.4 Å². The van der Waals surface area contributed by atoms with Crippen LogP contribution >= 0.6 is 0 Å². The second kappa shape index (κ2) is 23.9. The lowest BCUT2D eigenvalue weighted by molar-refractivity contribution is -0.282. The molecule has 0 aromatic carbocycles. The smallest absolute Gasteiger partial charge is 0.309 e. The highest BCUT2D eigenvalue weighted by Crippen LogP contribution is 2.28. The standard InChI is InChI=1S/C37H63NO17/c1-6-8-9-12-23-15-25(41)33(46)26(54-31(45)19-37(4,49)18-30(44)50-5)17-29(43)51-22(11-7-2)13-10-14-24(16-28(42)52-23)53-36-32(38-21(3)40)35(48)34(47)27(20-39)55-36/h22-27,32-36,39,41,46-49H,6-20H2,1-5H3,(H,38,40). The Morgan fingerprint density at radius 2 is 1.53 bits per heavy atom. The number of amides is 1. The van der Waals surface area contributed by atoms with Gasteiger partial charge in [0.25, 0.3) is 0 Å². The molecule has 12 unspecified atom stereocenters. The highest BCUT2D eigenvalue weighted by atomic mass is 16.7. The number of hydrogen-bond acceptors (Lipinski definition) is 17. The molecule has 0 saturated carbocycles. The Morgan fingerprint density at radius 1 is 0.873 bits per heavy atom. The molecule has 12 atom stereocenters. The minimum Gasteiger partial charge on any atom is -0.469 e. The summed E-state index contributed by atoms with van der Waals surface area (Å²) in [5, 5.41) is 66.6. The van der Waals surface area contributed by atoms with E-state index >= 15 is 0 Å². The quantitative estimate of drug-likeness (QED) is 0.0663. The molecule has 0 aliphatic carbocycles. The van der Waals surface area contributed by atoms with Gasteiger partial charge in [-0.25, -0.2) is 0 Å². The molecule has 318 valence electrons. The van der Waals surface area contributed by atoms with Gasteiger partial charge in [0, 0.05) is 13.3 Å². The van der Waals surface area contributed by atoms with Crippen LogP contribution in [0.4, 0.5) is 0 Å². The molecule has 7 N–H and O–H groups in total. The zero-order valence-corrected chi connectivity index (χ0v) is 32.6. The van der Waals surface area contributed by atoms with Crippen molar-refractivity contribution in [3.63, 3.8) is 0 Å². The molecule has 0 spiro atoms. The van der Waals surface area contributed by atoms with Crippen LogP contribution in [0.1, 0.15) is 118 Å². The van der Waals surface area contributed by atoms with E-state index in [9.17, 15) is 54.6 Å². The van der Waals surface area contributed by atoms with Gasteiger partial charge in [-0.05, 0) is 45.4 Å². The average molecular weight is 794 g/mol. The van der Waals surface area contributed by atoms with Crippen molar-refractivity contribution in [3.8, 4) is 0 Å². The van der Waals surface area contributed by atoms with Gasteiger partial charge in [-0.15, -0.1) is 0 Å². The highest BCUT2D eigenvalue weighted by Gasteiger charge is 2.46. The van der Waals surface area contributed by atoms with Crippen molar-refractivity contribution < 1.29 is 83.0 Å². The number of hydrogen-bond donors (Lipinski definition) is 7. The van der Waals surface area contributed by atoms with Crippen LogP contribution in [0.2, 0.25) is 0 Å². The number of cyclic esters (lactones) is 2. The third-order valence-corrected chi connectivity index (χ3v) is 9.57. The number of esters is 4. The maximum atomic E-state index is 13.5. The van der Waals surface area contributed by atoms with Crippen LogP contribution in [-0.4, -0.2) is 147 Å². The zero-order chi connectivity index (χ0) is 41.3. The van der Waals surface area contributed by atoms with Crippen molar-refractivity contribution >= 4 is 29.8 Å². The van der Waals surface area contributed by atoms with Crippen molar-refractivity contribution in [2.45, 2.75) is 190 Å². The molecule has 0 bridgehead atoms. The predicted octanol–water partition coefficient (Wildman–Crippen LogP) is 0.211. The fourth-order valence-electron chi connectivity index (χ4n) is 6.67. The maximum Gasteiger partial charge on any atom is 0.309 e. The normalized spacial score (nSPS) is 32.7. The van der Waals surface area contributed by atoms with Crippen LogP contribution < -0.4 is 5.32 Å². The molecule has 2 aliphatic heterocycles. The van der Waals surface area contributed by atoms with Crippen LogP contribution in [0.3, 0.4) is 0 Å². The first-order valence-corrected chi connectivity index (χ1v) is 19.2. The summed E-state index contributed by atoms with van der Waals surface area (Å²) in [5.74, 6) is -3.99. The molecule has 1 amide bonds. The average Bonchev–Trinajstić information content (AvgIpc) is 3.09. The molecule has 0 aromatic heterocycles. The molecular weight excluding hydrogens is 730 g/mol. The van der Waals surface area contributed by atoms with Gasteiger partial charge in [0.1, 0.15) is 48.8 Å². The Hall–Kier alpha value is -2.97. The van der Waals surface area contributed by atoms with E-state index in [1.165, 1.54) is 13.8 Å². The van der Waals surface area contributed by atoms with Gasteiger partial charge >= 0.3 is 23.9 Å². The number of carbonyl (C=O) groups is 5. The van der Waals surface area contributed by atoms with Gasteiger partial charge in [-0.1, -0.05) is 33.1 Å². The molecule has 2 rings (SSSR count). The van der Waals surface area contributed by atoms with E-state index < -0.39 is 129 Å². The predicted molar refractivity (Wildman–Crippen MR) is 191 cm³/mol. The first-order valence-electron chi connectivity index (χ1n) is 19.2. The molecule has 0 aromatic rings. The zero-order valence-electron chi connectivity index (χ0n) is 32.6. The Balaban J connectivity index is 2.40. The van der Waals surface area contributed by atoms with Crippen LogP contribution in [-0.2, 0) is 52.4 Å². The van der Waals surface area contributed by atoms with E-state index in [0.29, 0.717) is 25.7 Å². The largest absolute Gasteiger partial charge is 0.469 e. The topological polar surface area (TPSA) is 274 Å². The first kappa shape index (κ1) is 48.2. The summed E-state index contributed by atoms with van der Waals surface area (Å²) in [5.41, 5.74) is -1.88. The van der Waals surface area contributed by atoms with Gasteiger partial charge in [0.05, 0.1) is 57.2 Å². The van der Waals surface area contributed by atoms with E-state index in [-0.39, 0.29) is 32.1 Å². The van der Waals surface area contributed by atoms with E-state index in [4.69, 9.17) is 23.7 Å². The Morgan fingerprint density at radius 3 is 2.15 bits per heavy atom. The van der Waals surface area contributed by atoms with Crippen molar-refractivity contribution in [2.24, 2.45) is 0 Å². The summed E-state index contributed by atoms with van der Waals surface area (Å²) in [6.07, 6.45) is -11.8. The number of nitrogens with one attached hydrogen (secondary N) is 1. The van der Waals surface area contributed by atoms with Gasteiger partial charge in [0.15, 0.2) is 6.29 Å². The van der Waals surface area contributed by atoms with E-state index in [1.807, 2.05) is 13.8 Å². The summed E-state index contributed by atoms with van der Waals surface area (Å²) in [6.45, 7) is 5.58. The lowest BCUT2D eigenvalue weighted by atomic mass is 9.96. The van der Waals surface area contributed by atoms with Gasteiger partial charge in [-0.3, -0.25) is 24.0 Å². The molecule has 18 heteroatoms. The molecule has 2 aliphatic rings. The number of rotatable bonds is 15. The fraction of sp³-hybridized carbons (Fsp3) is 0.865. The number of methoxy groups -OCH3 is 1. The van der Waals surface area contributed by atoms with Gasteiger partial charge in [-0.2, -0.15) is 0 Å².